The van der Waals surface area contributed by atoms with Gasteiger partial charge in [-0.05, 0) is 63.6 Å². The van der Waals surface area contributed by atoms with Crippen molar-refractivity contribution in [2.24, 2.45) is 5.92 Å². The first-order valence-electron chi connectivity index (χ1n) is 7.82. The first-order valence-corrected chi connectivity index (χ1v) is 7.82. The second-order valence-electron chi connectivity index (χ2n) is 5.93. The molecule has 2 aromatic rings. The number of halogens is 1. The maximum Gasteiger partial charge on any atom is 0.226 e. The molecule has 0 aliphatic carbocycles. The predicted molar refractivity (Wildman–Crippen MR) is 83.8 cm³/mol. The Morgan fingerprint density at radius 3 is 2.91 bits per heavy atom. The third-order valence-electron chi connectivity index (χ3n) is 4.21. The number of nitrogens with zero attached hydrogens (tertiary/aromatic N) is 2. The van der Waals surface area contributed by atoms with E-state index in [0.29, 0.717) is 11.5 Å². The van der Waals surface area contributed by atoms with Crippen LogP contribution in [0.25, 0.3) is 11.5 Å². The third kappa shape index (κ3) is 3.72. The zero-order valence-electron chi connectivity index (χ0n) is 12.9. The van der Waals surface area contributed by atoms with Crippen LogP contribution in [0.2, 0.25) is 0 Å². The maximum absolute atomic E-state index is 13.2. The lowest BCUT2D eigenvalue weighted by atomic mass is 9.97. The maximum atomic E-state index is 13.2. The zero-order chi connectivity index (χ0) is 15.4. The first-order chi connectivity index (χ1) is 10.7. The van der Waals surface area contributed by atoms with Crippen LogP contribution < -0.4 is 5.32 Å². The van der Waals surface area contributed by atoms with Crippen molar-refractivity contribution in [3.05, 3.63) is 42.0 Å². The van der Waals surface area contributed by atoms with E-state index < -0.39 is 0 Å². The smallest absolute Gasteiger partial charge is 0.226 e. The summed E-state index contributed by atoms with van der Waals surface area (Å²) in [6.07, 6.45) is 4.12. The van der Waals surface area contributed by atoms with Crippen LogP contribution in [-0.4, -0.2) is 36.6 Å². The van der Waals surface area contributed by atoms with Gasteiger partial charge in [0.25, 0.3) is 0 Å². The minimum Gasteiger partial charge on any atom is -0.444 e. The summed E-state index contributed by atoms with van der Waals surface area (Å²) in [5.41, 5.74) is 1.59. The highest BCUT2D eigenvalue weighted by Gasteiger charge is 2.19. The molecule has 1 aliphatic rings. The van der Waals surface area contributed by atoms with Gasteiger partial charge < -0.3 is 9.73 Å². The van der Waals surface area contributed by atoms with Gasteiger partial charge in [0.2, 0.25) is 5.89 Å². The van der Waals surface area contributed by atoms with Crippen molar-refractivity contribution in [2.45, 2.75) is 19.4 Å². The molecule has 1 N–H and O–H groups in total. The van der Waals surface area contributed by atoms with E-state index in [0.717, 1.165) is 37.8 Å². The summed E-state index contributed by atoms with van der Waals surface area (Å²) in [5, 5.41) is 3.25. The molecule has 0 spiro atoms. The molecule has 3 rings (SSSR count). The molecule has 0 radical (unpaired) electrons. The molecule has 1 aliphatic heterocycles. The average molecular weight is 303 g/mol. The van der Waals surface area contributed by atoms with Gasteiger partial charge in [-0.2, -0.15) is 0 Å². The molecule has 5 heteroatoms. The first kappa shape index (κ1) is 15.2. The Labute approximate surface area is 130 Å². The summed E-state index contributed by atoms with van der Waals surface area (Å²) in [6.45, 7) is 4.08. The number of piperidine rings is 1. The normalized spacial score (nSPS) is 17.0. The van der Waals surface area contributed by atoms with Crippen molar-refractivity contribution >= 4 is 0 Å². The van der Waals surface area contributed by atoms with Gasteiger partial charge in [0, 0.05) is 12.1 Å². The van der Waals surface area contributed by atoms with Crippen molar-refractivity contribution in [2.75, 3.05) is 26.7 Å². The van der Waals surface area contributed by atoms with Gasteiger partial charge in [-0.25, -0.2) is 9.37 Å². The minimum absolute atomic E-state index is 0.274. The fourth-order valence-electron chi connectivity index (χ4n) is 3.00. The number of likely N-dealkylation sites (tertiary alicyclic amines) is 1. The molecule has 0 bridgehead atoms. The van der Waals surface area contributed by atoms with E-state index in [9.17, 15) is 4.39 Å². The Balaban J connectivity index is 1.58. The van der Waals surface area contributed by atoms with E-state index in [1.807, 2.05) is 13.1 Å². The zero-order valence-corrected chi connectivity index (χ0v) is 12.9. The Morgan fingerprint density at radius 2 is 2.18 bits per heavy atom. The Hall–Kier alpha value is -1.72. The van der Waals surface area contributed by atoms with E-state index in [1.54, 1.807) is 12.3 Å². The van der Waals surface area contributed by atoms with Crippen LogP contribution in [0.1, 0.15) is 18.5 Å². The molecule has 4 nitrogen and oxygen atoms in total. The van der Waals surface area contributed by atoms with Gasteiger partial charge in [0.15, 0.2) is 0 Å². The van der Waals surface area contributed by atoms with E-state index in [1.165, 1.54) is 25.0 Å². The van der Waals surface area contributed by atoms with Gasteiger partial charge in [-0.15, -0.1) is 0 Å². The van der Waals surface area contributed by atoms with Crippen LogP contribution in [0.3, 0.4) is 0 Å². The molecule has 0 amide bonds. The number of hydrogen-bond acceptors (Lipinski definition) is 4. The summed E-state index contributed by atoms with van der Waals surface area (Å²) in [6, 6.07) is 6.34. The monoisotopic (exact) mass is 303 g/mol. The van der Waals surface area contributed by atoms with Gasteiger partial charge in [-0.1, -0.05) is 6.07 Å². The minimum atomic E-state index is -0.274. The topological polar surface area (TPSA) is 41.3 Å². The number of aromatic nitrogens is 1. The lowest BCUT2D eigenvalue weighted by Crippen LogP contribution is -2.36. The highest BCUT2D eigenvalue weighted by molar-refractivity contribution is 5.52. The van der Waals surface area contributed by atoms with Crippen molar-refractivity contribution in [3.63, 3.8) is 0 Å². The highest BCUT2D eigenvalue weighted by Crippen LogP contribution is 2.22. The average Bonchev–Trinajstić information content (AvgIpc) is 2.98. The molecular formula is C17H22FN3O. The van der Waals surface area contributed by atoms with Crippen molar-refractivity contribution in [1.29, 1.82) is 0 Å². The summed E-state index contributed by atoms with van der Waals surface area (Å²) >= 11 is 0. The lowest BCUT2D eigenvalue weighted by molar-refractivity contribution is 0.175. The lowest BCUT2D eigenvalue weighted by Gasteiger charge is -2.31. The van der Waals surface area contributed by atoms with Crippen LogP contribution in [-0.2, 0) is 6.54 Å². The highest BCUT2D eigenvalue weighted by atomic mass is 19.1. The van der Waals surface area contributed by atoms with Crippen molar-refractivity contribution < 1.29 is 8.81 Å². The molecular weight excluding hydrogens is 281 g/mol. The summed E-state index contributed by atoms with van der Waals surface area (Å²) in [5.74, 6) is 0.991. The summed E-state index contributed by atoms with van der Waals surface area (Å²) < 4.78 is 18.7. The third-order valence-corrected chi connectivity index (χ3v) is 4.21. The van der Waals surface area contributed by atoms with E-state index in [4.69, 9.17) is 4.42 Å². The second kappa shape index (κ2) is 7.03. The molecule has 22 heavy (non-hydrogen) atoms. The number of hydrogen-bond donors (Lipinski definition) is 1. The number of nitrogens with one attached hydrogen (secondary N) is 1. The SMILES string of the molecule is CNCC1CCN(Cc2coc(-c3cccc(F)c3)n2)CC1. The second-order valence-corrected chi connectivity index (χ2v) is 5.93. The molecule has 0 unspecified atom stereocenters. The summed E-state index contributed by atoms with van der Waals surface area (Å²) in [7, 11) is 2.01. The molecule has 1 aromatic carbocycles. The Morgan fingerprint density at radius 1 is 1.36 bits per heavy atom. The number of rotatable bonds is 5. The Bertz CT molecular complexity index is 605. The standard InChI is InChI=1S/C17H22FN3O/c1-19-10-13-5-7-21(8-6-13)11-16-12-22-17(20-16)14-3-2-4-15(18)9-14/h2-4,9,12-13,19H,5-8,10-11H2,1H3. The fourth-order valence-corrected chi connectivity index (χ4v) is 3.00. The Kier molecular flexibility index (Phi) is 4.85. The number of benzene rings is 1. The summed E-state index contributed by atoms with van der Waals surface area (Å²) in [4.78, 5) is 6.89. The largest absolute Gasteiger partial charge is 0.444 e. The van der Waals surface area contributed by atoms with Crippen LogP contribution in [0.5, 0.6) is 0 Å². The molecule has 0 saturated carbocycles. The molecule has 0 atom stereocenters. The van der Waals surface area contributed by atoms with E-state index in [2.05, 4.69) is 15.2 Å². The molecule has 1 aromatic heterocycles. The van der Waals surface area contributed by atoms with E-state index in [-0.39, 0.29) is 5.82 Å². The predicted octanol–water partition coefficient (Wildman–Crippen LogP) is 2.91. The van der Waals surface area contributed by atoms with Gasteiger partial charge in [-0.3, -0.25) is 4.90 Å². The van der Waals surface area contributed by atoms with Crippen LogP contribution in [0.15, 0.2) is 34.9 Å². The molecule has 2 heterocycles. The molecule has 1 fully saturated rings. The quantitative estimate of drug-likeness (QED) is 0.922. The number of oxazole rings is 1. The van der Waals surface area contributed by atoms with Crippen molar-refractivity contribution in [1.82, 2.24) is 15.2 Å². The molecule has 118 valence electrons. The van der Waals surface area contributed by atoms with Gasteiger partial charge in [0.1, 0.15) is 12.1 Å². The van der Waals surface area contributed by atoms with E-state index >= 15 is 0 Å². The van der Waals surface area contributed by atoms with Gasteiger partial charge >= 0.3 is 0 Å². The van der Waals surface area contributed by atoms with Crippen molar-refractivity contribution in [3.8, 4) is 11.5 Å². The van der Waals surface area contributed by atoms with Gasteiger partial charge in [0.05, 0.1) is 5.69 Å². The van der Waals surface area contributed by atoms with Crippen LogP contribution in [0, 0.1) is 11.7 Å². The fraction of sp³-hybridized carbons (Fsp3) is 0.471. The van der Waals surface area contributed by atoms with Crippen LogP contribution >= 0.6 is 0 Å². The molecule has 1 saturated heterocycles. The van der Waals surface area contributed by atoms with Crippen LogP contribution in [0.4, 0.5) is 4.39 Å².